The Balaban J connectivity index is 0.00000243. The first-order valence-electron chi connectivity index (χ1n) is 7.28. The summed E-state index contributed by atoms with van der Waals surface area (Å²) in [6, 6.07) is 5.01. The highest BCUT2D eigenvalue weighted by molar-refractivity contribution is 7.58. The second kappa shape index (κ2) is 7.72. The number of halogens is 4. The molecule has 1 aromatic rings. The van der Waals surface area contributed by atoms with Crippen molar-refractivity contribution in [2.75, 3.05) is 25.0 Å². The van der Waals surface area contributed by atoms with E-state index in [-0.39, 0.29) is 25.5 Å². The highest BCUT2D eigenvalue weighted by Crippen LogP contribution is 2.39. The predicted molar refractivity (Wildman–Crippen MR) is 91.0 cm³/mol. The lowest BCUT2D eigenvalue weighted by molar-refractivity contribution is -0.188. The van der Waals surface area contributed by atoms with Gasteiger partial charge >= 0.3 is 12.1 Å². The summed E-state index contributed by atoms with van der Waals surface area (Å²) in [7, 11) is 0. The monoisotopic (exact) mass is 410 g/mol. The van der Waals surface area contributed by atoms with Crippen molar-refractivity contribution in [1.82, 2.24) is 4.90 Å². The van der Waals surface area contributed by atoms with Crippen molar-refractivity contribution < 1.29 is 27.9 Å². The minimum Gasteiger partial charge on any atom is -0.481 e. The Hall–Kier alpha value is -1.98. The van der Waals surface area contributed by atoms with Gasteiger partial charge in [0.25, 0.3) is 0 Å². The summed E-state index contributed by atoms with van der Waals surface area (Å²) < 4.78 is 47.0. The van der Waals surface area contributed by atoms with E-state index < -0.39 is 36.4 Å². The normalized spacial score (nSPS) is 21.7. The molecule has 26 heavy (non-hydrogen) atoms. The molecule has 12 heteroatoms. The van der Waals surface area contributed by atoms with Crippen LogP contribution in [0, 0.1) is 11.8 Å². The van der Waals surface area contributed by atoms with Gasteiger partial charge in [0.05, 0.1) is 35.4 Å². The van der Waals surface area contributed by atoms with E-state index >= 15 is 0 Å². The standard InChI is InChI=1S/C14H13F3N4O3S.ClH/c15-14(16,17)8-5-21(4-7(8)13(23)24)6-11(22)18-9-2-1-3-10-12(9)20-25-19-10;/h1-3,7-8H,4-6H2,(H,18,22)(H,23,24);1H/t7-,8-;/m1./s1. The maximum absolute atomic E-state index is 13.0. The second-order valence-electron chi connectivity index (χ2n) is 5.77. The van der Waals surface area contributed by atoms with Gasteiger partial charge < -0.3 is 10.4 Å². The summed E-state index contributed by atoms with van der Waals surface area (Å²) in [5.41, 5.74) is 1.52. The van der Waals surface area contributed by atoms with E-state index in [0.29, 0.717) is 17.1 Å². The fraction of sp³-hybridized carbons (Fsp3) is 0.429. The van der Waals surface area contributed by atoms with Gasteiger partial charge in [-0.2, -0.15) is 21.9 Å². The molecule has 0 aromatic heterocycles. The Morgan fingerprint density at radius 2 is 2.04 bits per heavy atom. The third-order valence-electron chi connectivity index (χ3n) is 4.06. The van der Waals surface area contributed by atoms with Gasteiger partial charge in [0, 0.05) is 13.1 Å². The lowest BCUT2D eigenvalue weighted by Crippen LogP contribution is -2.34. The molecule has 2 aliphatic rings. The highest BCUT2D eigenvalue weighted by atomic mass is 35.5. The number of rotatable bonds is 4. The number of alkyl halides is 3. The molecule has 1 saturated heterocycles. The zero-order valence-electron chi connectivity index (χ0n) is 13.1. The van der Waals surface area contributed by atoms with Gasteiger partial charge in [0.2, 0.25) is 5.91 Å². The number of hydrogen-bond acceptors (Lipinski definition) is 5. The largest absolute Gasteiger partial charge is 0.481 e. The van der Waals surface area contributed by atoms with E-state index in [9.17, 15) is 22.8 Å². The lowest BCUT2D eigenvalue weighted by atomic mass is 9.96. The number of nitrogens with zero attached hydrogens (tertiary/aromatic N) is 3. The van der Waals surface area contributed by atoms with Crippen molar-refractivity contribution in [3.05, 3.63) is 18.2 Å². The van der Waals surface area contributed by atoms with Crippen molar-refractivity contribution in [3.8, 4) is 0 Å². The van der Waals surface area contributed by atoms with Crippen molar-refractivity contribution in [1.29, 1.82) is 0 Å². The quantitative estimate of drug-likeness (QED) is 0.810. The van der Waals surface area contributed by atoms with Crippen LogP contribution in [0.2, 0.25) is 0 Å². The van der Waals surface area contributed by atoms with Crippen LogP contribution in [0.25, 0.3) is 0 Å². The average molecular weight is 411 g/mol. The Bertz CT molecular complexity index is 798. The fourth-order valence-electron chi connectivity index (χ4n) is 2.90. The average Bonchev–Trinajstić information content (AvgIpc) is 3.13. The number of carbonyl (C=O) groups excluding carboxylic acids is 1. The molecule has 0 spiro atoms. The number of carbonyl (C=O) groups is 2. The molecule has 2 N–H and O–H groups in total. The van der Waals surface area contributed by atoms with Gasteiger partial charge in [-0.3, -0.25) is 14.5 Å². The van der Waals surface area contributed by atoms with Crippen LogP contribution in [0.5, 0.6) is 0 Å². The number of nitrogens with one attached hydrogen (secondary N) is 1. The first-order valence-corrected chi connectivity index (χ1v) is 8.01. The molecule has 0 aliphatic carbocycles. The van der Waals surface area contributed by atoms with E-state index in [0.717, 1.165) is 11.4 Å². The smallest absolute Gasteiger partial charge is 0.393 e. The molecule has 2 atom stereocenters. The number of benzene rings is 1. The number of hydrogen-bond donors (Lipinski definition) is 2. The molecule has 142 valence electrons. The van der Waals surface area contributed by atoms with E-state index in [4.69, 9.17) is 5.11 Å². The molecular weight excluding hydrogens is 397 g/mol. The molecule has 0 radical (unpaired) electrons. The highest BCUT2D eigenvalue weighted by Gasteiger charge is 2.52. The van der Waals surface area contributed by atoms with E-state index in [1.54, 1.807) is 18.2 Å². The fourth-order valence-corrected chi connectivity index (χ4v) is 3.45. The van der Waals surface area contributed by atoms with Gasteiger partial charge in [0.15, 0.2) is 0 Å². The Morgan fingerprint density at radius 1 is 1.31 bits per heavy atom. The first-order chi connectivity index (χ1) is 11.8. The second-order valence-corrected chi connectivity index (χ2v) is 6.30. The van der Waals surface area contributed by atoms with E-state index in [1.165, 1.54) is 4.90 Å². The first kappa shape index (κ1) is 20.3. The molecule has 3 rings (SSSR count). The zero-order chi connectivity index (χ0) is 18.2. The molecule has 1 amide bonds. The number of likely N-dealkylation sites (tertiary alicyclic amines) is 1. The molecular formula is C14H14ClF3N4O3S. The number of anilines is 1. The summed E-state index contributed by atoms with van der Waals surface area (Å²) in [5.74, 6) is -5.60. The summed E-state index contributed by atoms with van der Waals surface area (Å²) in [6.45, 7) is -1.17. The van der Waals surface area contributed by atoms with Crippen LogP contribution >= 0.6 is 12.4 Å². The molecule has 1 aromatic carbocycles. The van der Waals surface area contributed by atoms with Crippen LogP contribution in [0.1, 0.15) is 0 Å². The van der Waals surface area contributed by atoms with E-state index in [2.05, 4.69) is 14.0 Å². The van der Waals surface area contributed by atoms with Crippen LogP contribution in [0.4, 0.5) is 30.2 Å². The minimum absolute atomic E-state index is 0. The van der Waals surface area contributed by atoms with Gasteiger partial charge in [-0.1, -0.05) is 6.07 Å². The number of amides is 1. The van der Waals surface area contributed by atoms with Crippen molar-refractivity contribution in [2.45, 2.75) is 6.18 Å². The van der Waals surface area contributed by atoms with Crippen molar-refractivity contribution in [2.24, 2.45) is 20.6 Å². The van der Waals surface area contributed by atoms with Crippen LogP contribution in [-0.2, 0) is 20.9 Å². The SMILES string of the molecule is Cl.O=C(CN1C[C@@H](C(F)(F)F)[C@H](C(=O)O)C1)Nc1cccc2c1N=S=N2. The predicted octanol–water partition coefficient (Wildman–Crippen LogP) is 2.97. The summed E-state index contributed by atoms with van der Waals surface area (Å²) >= 11 is 0.982. The van der Waals surface area contributed by atoms with Crippen LogP contribution in [-0.4, -0.2) is 47.7 Å². The number of aliphatic carboxylic acids is 1. The maximum Gasteiger partial charge on any atom is 0.393 e. The van der Waals surface area contributed by atoms with Gasteiger partial charge in [0.1, 0.15) is 11.4 Å². The zero-order valence-corrected chi connectivity index (χ0v) is 14.7. The molecule has 7 nitrogen and oxygen atoms in total. The van der Waals surface area contributed by atoms with E-state index in [1.807, 2.05) is 0 Å². The Labute approximate surface area is 155 Å². The molecule has 0 unspecified atom stereocenters. The lowest BCUT2D eigenvalue weighted by Gasteiger charge is -2.18. The Morgan fingerprint density at radius 3 is 2.65 bits per heavy atom. The van der Waals surface area contributed by atoms with Gasteiger partial charge in [-0.15, -0.1) is 12.4 Å². The summed E-state index contributed by atoms with van der Waals surface area (Å²) in [6.07, 6.45) is -4.62. The number of fused-ring (bicyclic) bond motifs is 1. The van der Waals surface area contributed by atoms with Gasteiger partial charge in [-0.05, 0) is 12.1 Å². The maximum atomic E-state index is 13.0. The molecule has 1 fully saturated rings. The van der Waals surface area contributed by atoms with Crippen molar-refractivity contribution >= 4 is 52.7 Å². The minimum atomic E-state index is -4.62. The summed E-state index contributed by atoms with van der Waals surface area (Å²) in [4.78, 5) is 24.4. The van der Waals surface area contributed by atoms with Crippen LogP contribution in [0.15, 0.2) is 26.9 Å². The van der Waals surface area contributed by atoms with Crippen LogP contribution in [0.3, 0.4) is 0 Å². The Kier molecular flexibility index (Phi) is 6.04. The van der Waals surface area contributed by atoms with Crippen molar-refractivity contribution in [3.63, 3.8) is 0 Å². The third kappa shape index (κ3) is 4.22. The summed E-state index contributed by atoms with van der Waals surface area (Å²) in [5, 5.41) is 11.6. The topological polar surface area (TPSA) is 94.4 Å². The van der Waals surface area contributed by atoms with Gasteiger partial charge in [-0.25, -0.2) is 0 Å². The number of carboxylic acid groups (broad SMARTS) is 1. The molecule has 0 saturated carbocycles. The van der Waals surface area contributed by atoms with Crippen LogP contribution < -0.4 is 5.32 Å². The molecule has 2 heterocycles. The number of carboxylic acids is 1. The third-order valence-corrected chi connectivity index (χ3v) is 4.60. The molecule has 0 bridgehead atoms. The molecule has 2 aliphatic heterocycles.